The number of ether oxygens (including phenoxy) is 1. The Labute approximate surface area is 171 Å². The summed E-state index contributed by atoms with van der Waals surface area (Å²) in [4.78, 5) is 12.2. The highest BCUT2D eigenvalue weighted by molar-refractivity contribution is 5.91. The van der Waals surface area contributed by atoms with Gasteiger partial charge in [-0.05, 0) is 48.1 Å². The molecule has 1 aliphatic carbocycles. The maximum Gasteiger partial charge on any atom is 0.224 e. The highest BCUT2D eigenvalue weighted by Crippen LogP contribution is 2.52. The zero-order valence-corrected chi connectivity index (χ0v) is 17.1. The molecule has 3 N–H and O–H groups in total. The average Bonchev–Trinajstić information content (AvgIpc) is 3.17. The molecule has 2 aromatic carbocycles. The number of nitrogens with one attached hydrogen (secondary N) is 2. The van der Waals surface area contributed by atoms with E-state index in [0.29, 0.717) is 24.0 Å². The maximum absolute atomic E-state index is 12.2. The van der Waals surface area contributed by atoms with Crippen molar-refractivity contribution in [2.24, 2.45) is 11.8 Å². The number of carbonyl (C=O) groups excluding carboxylic acids is 1. The first-order chi connectivity index (χ1) is 14.0. The predicted octanol–water partition coefficient (Wildman–Crippen LogP) is 5.21. The number of para-hydroxylation sites is 1. The third kappa shape index (κ3) is 3.69. The van der Waals surface area contributed by atoms with Gasteiger partial charge in [0.1, 0.15) is 0 Å². The van der Waals surface area contributed by atoms with Crippen LogP contribution in [0.2, 0.25) is 0 Å². The van der Waals surface area contributed by atoms with E-state index in [1.807, 2.05) is 38.1 Å². The van der Waals surface area contributed by atoms with Gasteiger partial charge in [0.25, 0.3) is 0 Å². The number of phenols is 1. The van der Waals surface area contributed by atoms with Crippen LogP contribution in [0.3, 0.4) is 0 Å². The van der Waals surface area contributed by atoms with Crippen molar-refractivity contribution in [1.82, 2.24) is 0 Å². The van der Waals surface area contributed by atoms with Gasteiger partial charge in [-0.1, -0.05) is 38.1 Å². The molecule has 5 heteroatoms. The third-order valence-corrected chi connectivity index (χ3v) is 5.83. The summed E-state index contributed by atoms with van der Waals surface area (Å²) in [5.74, 6) is 1.58. The number of anilines is 2. The Kier molecular flexibility index (Phi) is 5.22. The van der Waals surface area contributed by atoms with Crippen molar-refractivity contribution in [3.63, 3.8) is 0 Å². The SMILES string of the molecule is COc1cccc(C2Nc3ccc(NC(=O)CC(C)C)cc3C3C=CCC32)c1O. The minimum absolute atomic E-state index is 0.0148. The van der Waals surface area contributed by atoms with Crippen LogP contribution in [0.4, 0.5) is 11.4 Å². The van der Waals surface area contributed by atoms with Crippen molar-refractivity contribution in [1.29, 1.82) is 0 Å². The molecule has 0 radical (unpaired) electrons. The summed E-state index contributed by atoms with van der Waals surface area (Å²) in [6.45, 7) is 4.08. The van der Waals surface area contributed by atoms with Gasteiger partial charge in [-0.15, -0.1) is 0 Å². The summed E-state index contributed by atoms with van der Waals surface area (Å²) in [6.07, 6.45) is 5.90. The molecule has 0 saturated heterocycles. The van der Waals surface area contributed by atoms with E-state index in [1.54, 1.807) is 13.2 Å². The second-order valence-corrected chi connectivity index (χ2v) is 8.32. The lowest BCUT2D eigenvalue weighted by Gasteiger charge is -2.38. The van der Waals surface area contributed by atoms with E-state index in [4.69, 9.17) is 4.74 Å². The molecule has 0 spiro atoms. The van der Waals surface area contributed by atoms with E-state index >= 15 is 0 Å². The first kappa shape index (κ1) is 19.4. The number of benzene rings is 2. The molecule has 0 aromatic heterocycles. The summed E-state index contributed by atoms with van der Waals surface area (Å²) in [6, 6.07) is 11.7. The van der Waals surface area contributed by atoms with Crippen LogP contribution in [-0.2, 0) is 4.79 Å². The van der Waals surface area contributed by atoms with Crippen LogP contribution in [0.25, 0.3) is 0 Å². The number of aromatic hydroxyl groups is 1. The van der Waals surface area contributed by atoms with E-state index in [9.17, 15) is 9.90 Å². The molecular formula is C24H28N2O3. The molecule has 1 heterocycles. The maximum atomic E-state index is 12.2. The van der Waals surface area contributed by atoms with Crippen LogP contribution in [0, 0.1) is 11.8 Å². The summed E-state index contributed by atoms with van der Waals surface area (Å²) in [5, 5.41) is 17.3. The first-order valence-electron chi connectivity index (χ1n) is 10.2. The van der Waals surface area contributed by atoms with Gasteiger partial charge in [0, 0.05) is 29.3 Å². The largest absolute Gasteiger partial charge is 0.504 e. The average molecular weight is 392 g/mol. The quantitative estimate of drug-likeness (QED) is 0.611. The zero-order valence-electron chi connectivity index (χ0n) is 17.1. The molecular weight excluding hydrogens is 364 g/mol. The molecule has 29 heavy (non-hydrogen) atoms. The second kappa shape index (κ2) is 7.82. The van der Waals surface area contributed by atoms with E-state index in [-0.39, 0.29) is 23.6 Å². The van der Waals surface area contributed by atoms with Crippen molar-refractivity contribution in [2.45, 2.75) is 38.6 Å². The summed E-state index contributed by atoms with van der Waals surface area (Å²) < 4.78 is 5.30. The van der Waals surface area contributed by atoms with E-state index in [0.717, 1.165) is 23.4 Å². The highest BCUT2D eigenvalue weighted by Gasteiger charge is 2.39. The fraction of sp³-hybridized carbons (Fsp3) is 0.375. The molecule has 152 valence electrons. The molecule has 2 aromatic rings. The molecule has 5 nitrogen and oxygen atoms in total. The number of fused-ring (bicyclic) bond motifs is 3. The molecule has 3 unspecified atom stereocenters. The zero-order chi connectivity index (χ0) is 20.5. The lowest BCUT2D eigenvalue weighted by molar-refractivity contribution is -0.116. The molecule has 0 fully saturated rings. The summed E-state index contributed by atoms with van der Waals surface area (Å²) in [7, 11) is 1.57. The Bertz CT molecular complexity index is 951. The monoisotopic (exact) mass is 392 g/mol. The lowest BCUT2D eigenvalue weighted by Crippen LogP contribution is -2.29. The minimum Gasteiger partial charge on any atom is -0.504 e. The van der Waals surface area contributed by atoms with Gasteiger partial charge >= 0.3 is 0 Å². The fourth-order valence-corrected chi connectivity index (χ4v) is 4.52. The van der Waals surface area contributed by atoms with Crippen LogP contribution in [0.15, 0.2) is 48.6 Å². The van der Waals surface area contributed by atoms with Crippen LogP contribution in [-0.4, -0.2) is 18.1 Å². The van der Waals surface area contributed by atoms with E-state index < -0.39 is 0 Å². The molecule has 0 saturated carbocycles. The molecule has 4 rings (SSSR count). The van der Waals surface area contributed by atoms with Crippen LogP contribution in [0.1, 0.15) is 49.8 Å². The molecule has 1 amide bonds. The Hall–Kier alpha value is -2.95. The van der Waals surface area contributed by atoms with Crippen LogP contribution >= 0.6 is 0 Å². The van der Waals surface area contributed by atoms with Gasteiger partial charge in [-0.3, -0.25) is 4.79 Å². The minimum atomic E-state index is -0.0148. The van der Waals surface area contributed by atoms with Gasteiger partial charge < -0.3 is 20.5 Å². The van der Waals surface area contributed by atoms with Gasteiger partial charge in [0.2, 0.25) is 5.91 Å². The molecule has 0 bridgehead atoms. The van der Waals surface area contributed by atoms with Crippen LogP contribution in [0.5, 0.6) is 11.5 Å². The Morgan fingerprint density at radius 3 is 2.86 bits per heavy atom. The number of hydrogen-bond acceptors (Lipinski definition) is 4. The summed E-state index contributed by atoms with van der Waals surface area (Å²) in [5.41, 5.74) is 3.90. The smallest absolute Gasteiger partial charge is 0.224 e. The summed E-state index contributed by atoms with van der Waals surface area (Å²) >= 11 is 0. The van der Waals surface area contributed by atoms with Gasteiger partial charge in [-0.25, -0.2) is 0 Å². The number of amides is 1. The standard InChI is InChI=1S/C24H28N2O3/c1-14(2)12-22(27)25-15-10-11-20-19(13-15)16-6-4-7-17(16)23(26-20)18-8-5-9-21(29-3)24(18)28/h4-6,8-11,13-14,16-17,23,26,28H,7,12H2,1-3H3,(H,25,27). The Morgan fingerprint density at radius 1 is 1.28 bits per heavy atom. The lowest BCUT2D eigenvalue weighted by atomic mass is 9.76. The van der Waals surface area contributed by atoms with Gasteiger partial charge in [0.05, 0.1) is 13.2 Å². The number of hydrogen-bond donors (Lipinski definition) is 3. The van der Waals surface area contributed by atoms with Crippen LogP contribution < -0.4 is 15.4 Å². The number of allylic oxidation sites excluding steroid dienone is 2. The second-order valence-electron chi connectivity index (χ2n) is 8.32. The van der Waals surface area contributed by atoms with Crippen molar-refractivity contribution >= 4 is 17.3 Å². The van der Waals surface area contributed by atoms with Gasteiger partial charge in [-0.2, -0.15) is 0 Å². The Morgan fingerprint density at radius 2 is 2.10 bits per heavy atom. The molecule has 3 atom stereocenters. The first-order valence-corrected chi connectivity index (χ1v) is 10.2. The van der Waals surface area contributed by atoms with Crippen molar-refractivity contribution < 1.29 is 14.6 Å². The van der Waals surface area contributed by atoms with Gasteiger partial charge in [0.15, 0.2) is 11.5 Å². The number of rotatable bonds is 5. The normalized spacial score (nSPS) is 22.0. The molecule has 1 aliphatic heterocycles. The topological polar surface area (TPSA) is 70.6 Å². The fourth-order valence-electron chi connectivity index (χ4n) is 4.52. The molecule has 2 aliphatic rings. The Balaban J connectivity index is 1.65. The predicted molar refractivity (Wildman–Crippen MR) is 116 cm³/mol. The van der Waals surface area contributed by atoms with Crippen molar-refractivity contribution in [3.05, 3.63) is 59.7 Å². The van der Waals surface area contributed by atoms with E-state index in [1.165, 1.54) is 5.56 Å². The highest BCUT2D eigenvalue weighted by atomic mass is 16.5. The van der Waals surface area contributed by atoms with Crippen molar-refractivity contribution in [3.8, 4) is 11.5 Å². The van der Waals surface area contributed by atoms with E-state index in [2.05, 4.69) is 28.9 Å². The number of carbonyl (C=O) groups is 1. The number of methoxy groups -OCH3 is 1. The number of phenolic OH excluding ortho intramolecular Hbond substituents is 1. The van der Waals surface area contributed by atoms with Crippen molar-refractivity contribution in [2.75, 3.05) is 17.7 Å². The third-order valence-electron chi connectivity index (χ3n) is 5.83.